The van der Waals surface area contributed by atoms with Gasteiger partial charge in [-0.25, -0.2) is 0 Å². The number of nitrogens with one attached hydrogen (secondary N) is 1. The molecule has 0 aliphatic rings. The minimum Gasteiger partial charge on any atom is -0.484 e. The molecular formula is C25H23N3O4. The van der Waals surface area contributed by atoms with Crippen LogP contribution >= 0.6 is 0 Å². The molecule has 1 heterocycles. The quantitative estimate of drug-likeness (QED) is 0.426. The first-order valence-electron chi connectivity index (χ1n) is 10.2. The maximum Gasteiger partial charge on any atom is 0.264 e. The Balaban J connectivity index is 1.34. The Hall–Kier alpha value is -4.13. The standard InChI is InChI=1S/C25H23N3O4/c1-17-7-5-10-20(13-17)31-16-24-27-25(28-32-24)19-9-6-11-21(14-19)30-15-23(29)26-22-12-4-3-8-18(22)2/h3-14H,15-16H2,1-2H3,(H,26,29). The first-order valence-corrected chi connectivity index (χ1v) is 10.2. The molecule has 0 saturated heterocycles. The molecule has 32 heavy (non-hydrogen) atoms. The number of carbonyl (C=O) groups excluding carboxylic acids is 1. The average molecular weight is 429 g/mol. The van der Waals surface area contributed by atoms with Gasteiger partial charge < -0.3 is 19.3 Å². The predicted molar refractivity (Wildman–Crippen MR) is 121 cm³/mol. The molecule has 3 aromatic carbocycles. The van der Waals surface area contributed by atoms with Crippen molar-refractivity contribution in [3.63, 3.8) is 0 Å². The number of hydrogen-bond donors (Lipinski definition) is 1. The fourth-order valence-corrected chi connectivity index (χ4v) is 3.05. The van der Waals surface area contributed by atoms with Crippen LogP contribution in [0.3, 0.4) is 0 Å². The van der Waals surface area contributed by atoms with E-state index >= 15 is 0 Å². The molecule has 162 valence electrons. The summed E-state index contributed by atoms with van der Waals surface area (Å²) in [4.78, 5) is 16.6. The second-order valence-corrected chi connectivity index (χ2v) is 7.30. The lowest BCUT2D eigenvalue weighted by atomic mass is 10.2. The summed E-state index contributed by atoms with van der Waals surface area (Å²) in [5.41, 5.74) is 3.58. The number of ether oxygens (including phenoxy) is 2. The highest BCUT2D eigenvalue weighted by Crippen LogP contribution is 2.22. The lowest BCUT2D eigenvalue weighted by Crippen LogP contribution is -2.20. The lowest BCUT2D eigenvalue weighted by Gasteiger charge is -2.09. The van der Waals surface area contributed by atoms with Gasteiger partial charge in [0.05, 0.1) is 0 Å². The first kappa shape index (κ1) is 21.1. The molecule has 0 aliphatic carbocycles. The average Bonchev–Trinajstić information content (AvgIpc) is 3.27. The minimum absolute atomic E-state index is 0.111. The molecule has 1 aromatic heterocycles. The Morgan fingerprint density at radius 3 is 2.53 bits per heavy atom. The Kier molecular flexibility index (Phi) is 6.46. The van der Waals surface area contributed by atoms with Crippen LogP contribution in [0.2, 0.25) is 0 Å². The molecule has 0 radical (unpaired) electrons. The summed E-state index contributed by atoms with van der Waals surface area (Å²) < 4.78 is 16.6. The number of rotatable bonds is 8. The topological polar surface area (TPSA) is 86.5 Å². The van der Waals surface area contributed by atoms with E-state index in [9.17, 15) is 4.79 Å². The van der Waals surface area contributed by atoms with E-state index in [1.165, 1.54) is 0 Å². The Bertz CT molecular complexity index is 1220. The van der Waals surface area contributed by atoms with E-state index in [4.69, 9.17) is 14.0 Å². The SMILES string of the molecule is Cc1cccc(OCc2nc(-c3cccc(OCC(=O)Nc4ccccc4C)c3)no2)c1. The monoisotopic (exact) mass is 429 g/mol. The maximum atomic E-state index is 12.2. The van der Waals surface area contributed by atoms with Crippen molar-refractivity contribution in [1.29, 1.82) is 0 Å². The Morgan fingerprint density at radius 2 is 1.72 bits per heavy atom. The summed E-state index contributed by atoms with van der Waals surface area (Å²) in [6.45, 7) is 4.00. The summed E-state index contributed by atoms with van der Waals surface area (Å²) in [6, 6.07) is 22.5. The van der Waals surface area contributed by atoms with Crippen LogP contribution in [0.5, 0.6) is 11.5 Å². The van der Waals surface area contributed by atoms with E-state index in [2.05, 4.69) is 15.5 Å². The van der Waals surface area contributed by atoms with E-state index in [1.807, 2.05) is 74.5 Å². The molecule has 4 rings (SSSR count). The van der Waals surface area contributed by atoms with Crippen molar-refractivity contribution in [3.05, 3.63) is 89.8 Å². The van der Waals surface area contributed by atoms with E-state index in [0.717, 1.165) is 22.6 Å². The van der Waals surface area contributed by atoms with Crippen LogP contribution in [0.1, 0.15) is 17.0 Å². The number of hydrogen-bond acceptors (Lipinski definition) is 6. The van der Waals surface area contributed by atoms with Gasteiger partial charge in [0.25, 0.3) is 11.8 Å². The number of amides is 1. The van der Waals surface area contributed by atoms with Crippen molar-refractivity contribution in [2.45, 2.75) is 20.5 Å². The van der Waals surface area contributed by atoms with Gasteiger partial charge >= 0.3 is 0 Å². The normalized spacial score (nSPS) is 10.6. The summed E-state index contributed by atoms with van der Waals surface area (Å²) in [6.07, 6.45) is 0. The summed E-state index contributed by atoms with van der Waals surface area (Å²) in [5.74, 6) is 1.82. The Labute approximate surface area is 186 Å². The molecule has 0 bridgehead atoms. The number of para-hydroxylation sites is 1. The van der Waals surface area contributed by atoms with Gasteiger partial charge in [-0.1, -0.05) is 47.6 Å². The second-order valence-electron chi connectivity index (χ2n) is 7.30. The molecule has 0 fully saturated rings. The van der Waals surface area contributed by atoms with Gasteiger partial charge in [0.1, 0.15) is 11.5 Å². The number of benzene rings is 3. The molecule has 0 unspecified atom stereocenters. The zero-order chi connectivity index (χ0) is 22.3. The summed E-state index contributed by atoms with van der Waals surface area (Å²) >= 11 is 0. The summed E-state index contributed by atoms with van der Waals surface area (Å²) in [5, 5.41) is 6.86. The summed E-state index contributed by atoms with van der Waals surface area (Å²) in [7, 11) is 0. The number of nitrogens with zero attached hydrogens (tertiary/aromatic N) is 2. The van der Waals surface area contributed by atoms with Crippen molar-refractivity contribution in [1.82, 2.24) is 10.1 Å². The van der Waals surface area contributed by atoms with Gasteiger partial charge in [0.15, 0.2) is 13.2 Å². The smallest absolute Gasteiger partial charge is 0.264 e. The predicted octanol–water partition coefficient (Wildman–Crippen LogP) is 4.95. The zero-order valence-corrected chi connectivity index (χ0v) is 17.9. The van der Waals surface area contributed by atoms with E-state index < -0.39 is 0 Å². The largest absolute Gasteiger partial charge is 0.484 e. The van der Waals surface area contributed by atoms with Gasteiger partial charge in [0.2, 0.25) is 5.82 Å². The van der Waals surface area contributed by atoms with Crippen LogP contribution in [0, 0.1) is 13.8 Å². The van der Waals surface area contributed by atoms with Gasteiger partial charge in [-0.05, 0) is 55.3 Å². The lowest BCUT2D eigenvalue weighted by molar-refractivity contribution is -0.118. The molecule has 1 amide bonds. The highest BCUT2D eigenvalue weighted by molar-refractivity contribution is 5.92. The van der Waals surface area contributed by atoms with Crippen molar-refractivity contribution >= 4 is 11.6 Å². The molecule has 7 nitrogen and oxygen atoms in total. The fraction of sp³-hybridized carbons (Fsp3) is 0.160. The molecule has 4 aromatic rings. The molecule has 0 saturated carbocycles. The number of aromatic nitrogens is 2. The van der Waals surface area contributed by atoms with Gasteiger partial charge in [-0.3, -0.25) is 4.79 Å². The minimum atomic E-state index is -0.236. The molecule has 0 spiro atoms. The second kappa shape index (κ2) is 9.78. The van der Waals surface area contributed by atoms with Crippen molar-refractivity contribution < 1.29 is 18.8 Å². The van der Waals surface area contributed by atoms with Crippen LogP contribution in [-0.2, 0) is 11.4 Å². The highest BCUT2D eigenvalue weighted by Gasteiger charge is 2.11. The van der Waals surface area contributed by atoms with E-state index in [0.29, 0.717) is 23.0 Å². The van der Waals surface area contributed by atoms with Crippen LogP contribution in [0.25, 0.3) is 11.4 Å². The van der Waals surface area contributed by atoms with Crippen molar-refractivity contribution in [3.8, 4) is 22.9 Å². The van der Waals surface area contributed by atoms with Crippen LogP contribution in [-0.4, -0.2) is 22.7 Å². The molecule has 1 N–H and O–H groups in total. The Morgan fingerprint density at radius 1 is 0.938 bits per heavy atom. The van der Waals surface area contributed by atoms with Gasteiger partial charge in [-0.2, -0.15) is 4.98 Å². The first-order chi connectivity index (χ1) is 15.6. The molecule has 0 aliphatic heterocycles. The molecule has 7 heteroatoms. The molecular weight excluding hydrogens is 406 g/mol. The van der Waals surface area contributed by atoms with E-state index in [-0.39, 0.29) is 19.1 Å². The molecule has 0 atom stereocenters. The van der Waals surface area contributed by atoms with Gasteiger partial charge in [0, 0.05) is 11.3 Å². The zero-order valence-electron chi connectivity index (χ0n) is 17.9. The number of anilines is 1. The van der Waals surface area contributed by atoms with Crippen molar-refractivity contribution in [2.75, 3.05) is 11.9 Å². The third-order valence-electron chi connectivity index (χ3n) is 4.70. The maximum absolute atomic E-state index is 12.2. The van der Waals surface area contributed by atoms with Gasteiger partial charge in [-0.15, -0.1) is 0 Å². The third kappa shape index (κ3) is 5.51. The number of carbonyl (C=O) groups is 1. The van der Waals surface area contributed by atoms with Crippen LogP contribution in [0.4, 0.5) is 5.69 Å². The van der Waals surface area contributed by atoms with Crippen LogP contribution in [0.15, 0.2) is 77.3 Å². The van der Waals surface area contributed by atoms with Crippen molar-refractivity contribution in [2.24, 2.45) is 0 Å². The number of aryl methyl sites for hydroxylation is 2. The third-order valence-corrected chi connectivity index (χ3v) is 4.70. The van der Waals surface area contributed by atoms with Crippen LogP contribution < -0.4 is 14.8 Å². The fourth-order valence-electron chi connectivity index (χ4n) is 3.05. The van der Waals surface area contributed by atoms with E-state index in [1.54, 1.807) is 12.1 Å². The highest BCUT2D eigenvalue weighted by atomic mass is 16.5.